The van der Waals surface area contributed by atoms with Crippen LogP contribution in [0.2, 0.25) is 0 Å². The van der Waals surface area contributed by atoms with Crippen LogP contribution in [-0.2, 0) is 0 Å². The largest absolute Gasteiger partial charge is 0.0991 e. The van der Waals surface area contributed by atoms with Crippen molar-refractivity contribution in [1.29, 1.82) is 0 Å². The van der Waals surface area contributed by atoms with Gasteiger partial charge in [-0.3, -0.25) is 0 Å². The summed E-state index contributed by atoms with van der Waals surface area (Å²) in [5, 5.41) is 0. The molecule has 0 aromatic rings. The van der Waals surface area contributed by atoms with Gasteiger partial charge in [0.25, 0.3) is 0 Å². The van der Waals surface area contributed by atoms with E-state index in [0.29, 0.717) is 0 Å². The van der Waals surface area contributed by atoms with Crippen molar-refractivity contribution in [2.24, 2.45) is 0 Å². The summed E-state index contributed by atoms with van der Waals surface area (Å²) in [6.07, 6.45) is 31.7. The van der Waals surface area contributed by atoms with E-state index in [2.05, 4.69) is 68.2 Å². The van der Waals surface area contributed by atoms with Crippen LogP contribution in [0.25, 0.3) is 0 Å². The molecule has 0 amide bonds. The van der Waals surface area contributed by atoms with Gasteiger partial charge in [-0.05, 0) is 25.7 Å². The zero-order valence-corrected chi connectivity index (χ0v) is 13.0. The fraction of sp³-hybridized carbons (Fsp3) is 0.400. The predicted molar refractivity (Wildman–Crippen MR) is 93.9 cm³/mol. The molecule has 2 aliphatic rings. The van der Waals surface area contributed by atoms with Crippen molar-refractivity contribution in [3.8, 4) is 0 Å². The SMILES string of the molecule is C1=CCC=C1.C1=CCC=C1.C=CC=CCCCCCC. The fourth-order valence-electron chi connectivity index (χ4n) is 1.67. The molecule has 0 nitrogen and oxygen atoms in total. The van der Waals surface area contributed by atoms with Crippen LogP contribution < -0.4 is 0 Å². The third-order valence-electron chi connectivity index (χ3n) is 2.81. The summed E-state index contributed by atoms with van der Waals surface area (Å²) < 4.78 is 0. The van der Waals surface area contributed by atoms with E-state index in [1.54, 1.807) is 0 Å². The van der Waals surface area contributed by atoms with Gasteiger partial charge in [-0.1, -0.05) is 99.6 Å². The first-order chi connectivity index (χ1) is 9.91. The highest BCUT2D eigenvalue weighted by Crippen LogP contribution is 2.02. The van der Waals surface area contributed by atoms with Crippen LogP contribution in [0.15, 0.2) is 73.4 Å². The van der Waals surface area contributed by atoms with E-state index in [9.17, 15) is 0 Å². The Morgan fingerprint density at radius 1 is 0.850 bits per heavy atom. The topological polar surface area (TPSA) is 0 Å². The van der Waals surface area contributed by atoms with Gasteiger partial charge < -0.3 is 0 Å². The zero-order chi connectivity index (χ0) is 14.7. The van der Waals surface area contributed by atoms with Crippen molar-refractivity contribution < 1.29 is 0 Å². The zero-order valence-electron chi connectivity index (χ0n) is 13.0. The highest BCUT2D eigenvalue weighted by atomic mass is 13.9. The highest BCUT2D eigenvalue weighted by molar-refractivity contribution is 5.12. The summed E-state index contributed by atoms with van der Waals surface area (Å²) in [7, 11) is 0. The van der Waals surface area contributed by atoms with E-state index in [-0.39, 0.29) is 0 Å². The van der Waals surface area contributed by atoms with Gasteiger partial charge in [0.2, 0.25) is 0 Å². The Balaban J connectivity index is 0.000000298. The Morgan fingerprint density at radius 2 is 1.40 bits per heavy atom. The van der Waals surface area contributed by atoms with E-state index in [0.717, 1.165) is 12.8 Å². The Kier molecular flexibility index (Phi) is 16.1. The molecule has 110 valence electrons. The summed E-state index contributed by atoms with van der Waals surface area (Å²) in [6.45, 7) is 5.84. The molecule has 0 N–H and O–H groups in total. The first-order valence-electron chi connectivity index (χ1n) is 7.82. The highest BCUT2D eigenvalue weighted by Gasteiger charge is 1.82. The van der Waals surface area contributed by atoms with Gasteiger partial charge in [0.05, 0.1) is 0 Å². The predicted octanol–water partition coefficient (Wildman–Crippen LogP) is 6.70. The molecule has 0 atom stereocenters. The van der Waals surface area contributed by atoms with E-state index in [1.165, 1.54) is 32.1 Å². The minimum absolute atomic E-state index is 1.14. The molecule has 20 heavy (non-hydrogen) atoms. The fourth-order valence-corrected chi connectivity index (χ4v) is 1.67. The standard InChI is InChI=1S/C10H18.2C5H6/c1-3-5-7-9-10-8-6-4-2;2*1-2-4-5-3-1/h3,5,7H,1,4,6,8-10H2,2H3;2*1-4H,5H2. The molecule has 0 aliphatic heterocycles. The number of hydrogen-bond donors (Lipinski definition) is 0. The Labute approximate surface area is 126 Å². The Morgan fingerprint density at radius 3 is 1.75 bits per heavy atom. The first-order valence-corrected chi connectivity index (χ1v) is 7.82. The lowest BCUT2D eigenvalue weighted by molar-refractivity contribution is 0.674. The number of rotatable bonds is 6. The maximum absolute atomic E-state index is 3.61. The van der Waals surface area contributed by atoms with Crippen LogP contribution in [0.3, 0.4) is 0 Å². The average Bonchev–Trinajstić information content (AvgIpc) is 3.21. The molecular weight excluding hydrogens is 240 g/mol. The first kappa shape index (κ1) is 18.4. The Bertz CT molecular complexity index is 295. The molecule has 0 saturated heterocycles. The second-order valence-electron chi connectivity index (χ2n) is 4.70. The summed E-state index contributed by atoms with van der Waals surface area (Å²) >= 11 is 0. The van der Waals surface area contributed by atoms with Crippen LogP contribution >= 0.6 is 0 Å². The maximum atomic E-state index is 3.61. The van der Waals surface area contributed by atoms with E-state index < -0.39 is 0 Å². The van der Waals surface area contributed by atoms with Gasteiger partial charge in [-0.2, -0.15) is 0 Å². The lowest BCUT2D eigenvalue weighted by Gasteiger charge is -1.92. The van der Waals surface area contributed by atoms with Crippen LogP contribution in [0.1, 0.15) is 51.9 Å². The van der Waals surface area contributed by atoms with Crippen LogP contribution in [0.5, 0.6) is 0 Å². The summed E-state index contributed by atoms with van der Waals surface area (Å²) in [5.74, 6) is 0. The molecule has 0 aromatic carbocycles. The minimum Gasteiger partial charge on any atom is -0.0991 e. The second-order valence-corrected chi connectivity index (χ2v) is 4.70. The lowest BCUT2D eigenvalue weighted by Crippen LogP contribution is -1.72. The van der Waals surface area contributed by atoms with Crippen molar-refractivity contribution in [3.05, 3.63) is 73.4 Å². The van der Waals surface area contributed by atoms with E-state index in [1.807, 2.05) is 12.2 Å². The molecule has 0 radical (unpaired) electrons. The molecule has 0 spiro atoms. The number of hydrogen-bond acceptors (Lipinski definition) is 0. The van der Waals surface area contributed by atoms with Crippen molar-refractivity contribution in [2.45, 2.75) is 51.9 Å². The number of allylic oxidation sites excluding steroid dienone is 11. The lowest BCUT2D eigenvalue weighted by atomic mass is 10.1. The van der Waals surface area contributed by atoms with Crippen molar-refractivity contribution in [2.75, 3.05) is 0 Å². The van der Waals surface area contributed by atoms with Crippen molar-refractivity contribution in [3.63, 3.8) is 0 Å². The summed E-state index contributed by atoms with van der Waals surface area (Å²) in [6, 6.07) is 0. The van der Waals surface area contributed by atoms with E-state index in [4.69, 9.17) is 0 Å². The Hall–Kier alpha value is -1.56. The summed E-state index contributed by atoms with van der Waals surface area (Å²) in [5.41, 5.74) is 0. The molecule has 2 rings (SSSR count). The van der Waals surface area contributed by atoms with Gasteiger partial charge in [0.1, 0.15) is 0 Å². The van der Waals surface area contributed by atoms with Gasteiger partial charge >= 0.3 is 0 Å². The van der Waals surface area contributed by atoms with Crippen LogP contribution in [0.4, 0.5) is 0 Å². The summed E-state index contributed by atoms with van der Waals surface area (Å²) in [4.78, 5) is 0. The minimum atomic E-state index is 1.14. The average molecular weight is 270 g/mol. The molecule has 0 fully saturated rings. The van der Waals surface area contributed by atoms with Gasteiger partial charge in [0.15, 0.2) is 0 Å². The smallest absolute Gasteiger partial charge is 0.0163 e. The van der Waals surface area contributed by atoms with E-state index >= 15 is 0 Å². The van der Waals surface area contributed by atoms with Crippen LogP contribution in [0, 0.1) is 0 Å². The molecule has 0 bridgehead atoms. The van der Waals surface area contributed by atoms with Gasteiger partial charge in [0, 0.05) is 0 Å². The quantitative estimate of drug-likeness (QED) is 0.372. The third-order valence-corrected chi connectivity index (χ3v) is 2.81. The molecule has 2 aliphatic carbocycles. The van der Waals surface area contributed by atoms with Crippen molar-refractivity contribution >= 4 is 0 Å². The second kappa shape index (κ2) is 17.4. The molecule has 0 unspecified atom stereocenters. The van der Waals surface area contributed by atoms with Crippen molar-refractivity contribution in [1.82, 2.24) is 0 Å². The third kappa shape index (κ3) is 16.4. The molecule has 0 heterocycles. The normalized spacial score (nSPS) is 14.1. The molecule has 0 saturated carbocycles. The molecule has 0 heteroatoms. The van der Waals surface area contributed by atoms with Gasteiger partial charge in [-0.15, -0.1) is 0 Å². The number of unbranched alkanes of at least 4 members (excludes halogenated alkanes) is 4. The van der Waals surface area contributed by atoms with Crippen LogP contribution in [-0.4, -0.2) is 0 Å². The maximum Gasteiger partial charge on any atom is -0.0163 e. The van der Waals surface area contributed by atoms with Gasteiger partial charge in [-0.25, -0.2) is 0 Å². The monoisotopic (exact) mass is 270 g/mol. The molecule has 0 aromatic heterocycles. The molecular formula is C20H30.